The number of carbonyl (C=O) groups is 2. The third-order valence-corrected chi connectivity index (χ3v) is 4.21. The standard InChI is InChI=1S/C18H20N2O6/c1-24-13-4-2-12(3-5-13)15-10-19-16(26-15)6-7-17(21)20-8-9-25-11-14(20)18(22)23/h2-5,10,14H,6-9,11H2,1H3,(H,22,23)/t14-/m0/s1. The van der Waals surface area contributed by atoms with Gasteiger partial charge in [0.25, 0.3) is 0 Å². The molecule has 1 aliphatic heterocycles. The highest BCUT2D eigenvalue weighted by Crippen LogP contribution is 2.23. The molecule has 1 N–H and O–H groups in total. The maximum atomic E-state index is 12.4. The Hall–Kier alpha value is -2.87. The number of rotatable bonds is 6. The summed E-state index contributed by atoms with van der Waals surface area (Å²) in [5, 5.41) is 9.20. The molecule has 0 unspecified atom stereocenters. The topological polar surface area (TPSA) is 102 Å². The number of carboxylic acid groups (broad SMARTS) is 1. The zero-order valence-electron chi connectivity index (χ0n) is 14.4. The number of aliphatic carboxylic acids is 1. The Morgan fingerprint density at radius 2 is 2.12 bits per heavy atom. The van der Waals surface area contributed by atoms with E-state index in [1.807, 2.05) is 24.3 Å². The molecule has 8 heteroatoms. The number of nitrogens with zero attached hydrogens (tertiary/aromatic N) is 2. The van der Waals surface area contributed by atoms with Crippen LogP contribution in [0.1, 0.15) is 12.3 Å². The Kier molecular flexibility index (Phi) is 5.52. The number of aryl methyl sites for hydroxylation is 1. The van der Waals surface area contributed by atoms with Gasteiger partial charge in [-0.2, -0.15) is 0 Å². The smallest absolute Gasteiger partial charge is 0.328 e. The Morgan fingerprint density at radius 3 is 2.81 bits per heavy atom. The van der Waals surface area contributed by atoms with Crippen LogP contribution in [0.25, 0.3) is 11.3 Å². The minimum absolute atomic E-state index is 0.0156. The number of carboxylic acids is 1. The Bertz CT molecular complexity index is 770. The molecule has 1 saturated heterocycles. The summed E-state index contributed by atoms with van der Waals surface area (Å²) in [6.07, 6.45) is 2.04. The maximum absolute atomic E-state index is 12.4. The molecule has 0 saturated carbocycles. The molecule has 1 aromatic carbocycles. The summed E-state index contributed by atoms with van der Waals surface area (Å²) in [5.74, 6) is 0.479. The van der Waals surface area contributed by atoms with Gasteiger partial charge >= 0.3 is 5.97 Å². The first-order valence-corrected chi connectivity index (χ1v) is 8.27. The largest absolute Gasteiger partial charge is 0.497 e. The van der Waals surface area contributed by atoms with Gasteiger partial charge in [0.15, 0.2) is 17.7 Å². The van der Waals surface area contributed by atoms with Crippen molar-refractivity contribution in [3.63, 3.8) is 0 Å². The lowest BCUT2D eigenvalue weighted by atomic mass is 10.2. The van der Waals surface area contributed by atoms with Gasteiger partial charge in [-0.25, -0.2) is 9.78 Å². The molecular formula is C18H20N2O6. The summed E-state index contributed by atoms with van der Waals surface area (Å²) < 4.78 is 16.0. The summed E-state index contributed by atoms with van der Waals surface area (Å²) >= 11 is 0. The fourth-order valence-corrected chi connectivity index (χ4v) is 2.78. The highest BCUT2D eigenvalue weighted by molar-refractivity contribution is 5.84. The first kappa shape index (κ1) is 17.9. The average molecular weight is 360 g/mol. The van der Waals surface area contributed by atoms with Crippen molar-refractivity contribution in [1.82, 2.24) is 9.88 Å². The van der Waals surface area contributed by atoms with Crippen LogP contribution in [0, 0.1) is 0 Å². The lowest BCUT2D eigenvalue weighted by Crippen LogP contribution is -2.52. The van der Waals surface area contributed by atoms with E-state index in [-0.39, 0.29) is 25.5 Å². The second kappa shape index (κ2) is 8.01. The van der Waals surface area contributed by atoms with Crippen LogP contribution >= 0.6 is 0 Å². The zero-order valence-corrected chi connectivity index (χ0v) is 14.4. The second-order valence-corrected chi connectivity index (χ2v) is 5.86. The maximum Gasteiger partial charge on any atom is 0.328 e. The molecule has 0 radical (unpaired) electrons. The van der Waals surface area contributed by atoms with Gasteiger partial charge in [-0.15, -0.1) is 0 Å². The van der Waals surface area contributed by atoms with E-state index >= 15 is 0 Å². The minimum Gasteiger partial charge on any atom is -0.497 e. The van der Waals surface area contributed by atoms with Gasteiger partial charge < -0.3 is 23.9 Å². The van der Waals surface area contributed by atoms with Crippen molar-refractivity contribution >= 4 is 11.9 Å². The molecule has 0 bridgehead atoms. The van der Waals surface area contributed by atoms with Gasteiger partial charge in [-0.1, -0.05) is 0 Å². The van der Waals surface area contributed by atoms with Crippen molar-refractivity contribution in [3.8, 4) is 17.1 Å². The molecule has 0 spiro atoms. The van der Waals surface area contributed by atoms with Crippen molar-refractivity contribution in [1.29, 1.82) is 0 Å². The van der Waals surface area contributed by atoms with E-state index in [0.29, 0.717) is 24.7 Å². The van der Waals surface area contributed by atoms with E-state index < -0.39 is 12.0 Å². The van der Waals surface area contributed by atoms with Gasteiger partial charge in [0.05, 0.1) is 26.5 Å². The van der Waals surface area contributed by atoms with Crippen LogP contribution in [0.15, 0.2) is 34.9 Å². The molecule has 1 atom stereocenters. The van der Waals surface area contributed by atoms with E-state index in [0.717, 1.165) is 11.3 Å². The number of aromatic nitrogens is 1. The van der Waals surface area contributed by atoms with Crippen molar-refractivity contribution in [2.45, 2.75) is 18.9 Å². The van der Waals surface area contributed by atoms with Crippen LogP contribution in [0.4, 0.5) is 0 Å². The quantitative estimate of drug-likeness (QED) is 0.834. The molecule has 2 heterocycles. The van der Waals surface area contributed by atoms with Crippen molar-refractivity contribution in [2.24, 2.45) is 0 Å². The molecule has 3 rings (SSSR count). The third kappa shape index (κ3) is 4.02. The molecule has 138 valence electrons. The van der Waals surface area contributed by atoms with Gasteiger partial charge in [0, 0.05) is 24.9 Å². The molecule has 8 nitrogen and oxygen atoms in total. The number of amides is 1. The number of hydrogen-bond acceptors (Lipinski definition) is 6. The van der Waals surface area contributed by atoms with Gasteiger partial charge in [0.2, 0.25) is 5.91 Å². The lowest BCUT2D eigenvalue weighted by Gasteiger charge is -2.32. The Labute approximate surface area is 150 Å². The average Bonchev–Trinajstić information content (AvgIpc) is 3.15. The van der Waals surface area contributed by atoms with Crippen LogP contribution in [-0.2, 0) is 20.7 Å². The summed E-state index contributed by atoms with van der Waals surface area (Å²) in [7, 11) is 1.60. The SMILES string of the molecule is COc1ccc(-c2cnc(CCC(=O)N3CCOC[C@H]3C(=O)O)o2)cc1. The van der Waals surface area contributed by atoms with Crippen LogP contribution in [0.2, 0.25) is 0 Å². The van der Waals surface area contributed by atoms with E-state index in [9.17, 15) is 14.7 Å². The number of morpholine rings is 1. The molecule has 0 aliphatic carbocycles. The van der Waals surface area contributed by atoms with E-state index in [4.69, 9.17) is 13.9 Å². The van der Waals surface area contributed by atoms with Gasteiger partial charge in [-0.05, 0) is 24.3 Å². The number of carbonyl (C=O) groups excluding carboxylic acids is 1. The highest BCUT2D eigenvalue weighted by atomic mass is 16.5. The van der Waals surface area contributed by atoms with Gasteiger partial charge in [0.1, 0.15) is 5.75 Å². The number of methoxy groups -OCH3 is 1. The second-order valence-electron chi connectivity index (χ2n) is 5.86. The monoisotopic (exact) mass is 360 g/mol. The van der Waals surface area contributed by atoms with E-state index in [1.54, 1.807) is 13.3 Å². The summed E-state index contributed by atoms with van der Waals surface area (Å²) in [4.78, 5) is 29.1. The molecule has 26 heavy (non-hydrogen) atoms. The summed E-state index contributed by atoms with van der Waals surface area (Å²) in [5.41, 5.74) is 0.856. The fraction of sp³-hybridized carbons (Fsp3) is 0.389. The van der Waals surface area contributed by atoms with Crippen molar-refractivity contribution in [3.05, 3.63) is 36.4 Å². The Morgan fingerprint density at radius 1 is 1.35 bits per heavy atom. The van der Waals surface area contributed by atoms with Gasteiger partial charge in [-0.3, -0.25) is 4.79 Å². The van der Waals surface area contributed by atoms with Crippen LogP contribution in [-0.4, -0.2) is 59.8 Å². The third-order valence-electron chi connectivity index (χ3n) is 4.21. The Balaban J connectivity index is 1.60. The first-order chi connectivity index (χ1) is 12.6. The predicted molar refractivity (Wildman–Crippen MR) is 90.8 cm³/mol. The van der Waals surface area contributed by atoms with Crippen LogP contribution in [0.5, 0.6) is 5.75 Å². The summed E-state index contributed by atoms with van der Waals surface area (Å²) in [6, 6.07) is 6.44. The fourth-order valence-electron chi connectivity index (χ4n) is 2.78. The van der Waals surface area contributed by atoms with Crippen LogP contribution < -0.4 is 4.74 Å². The predicted octanol–water partition coefficient (Wildman–Crippen LogP) is 1.59. The van der Waals surface area contributed by atoms with E-state index in [2.05, 4.69) is 4.98 Å². The number of ether oxygens (including phenoxy) is 2. The molecule has 1 fully saturated rings. The number of oxazole rings is 1. The first-order valence-electron chi connectivity index (χ1n) is 8.27. The molecule has 1 amide bonds. The normalized spacial score (nSPS) is 17.1. The minimum atomic E-state index is -1.06. The highest BCUT2D eigenvalue weighted by Gasteiger charge is 2.32. The van der Waals surface area contributed by atoms with Crippen LogP contribution in [0.3, 0.4) is 0 Å². The van der Waals surface area contributed by atoms with Crippen molar-refractivity contribution in [2.75, 3.05) is 26.9 Å². The molecule has 2 aromatic rings. The molecular weight excluding hydrogens is 340 g/mol. The number of benzene rings is 1. The zero-order chi connectivity index (χ0) is 18.5. The molecule has 1 aliphatic rings. The molecule has 1 aromatic heterocycles. The summed E-state index contributed by atoms with van der Waals surface area (Å²) in [6.45, 7) is 0.635. The number of hydrogen-bond donors (Lipinski definition) is 1. The van der Waals surface area contributed by atoms with Crippen molar-refractivity contribution < 1.29 is 28.6 Å². The van der Waals surface area contributed by atoms with E-state index in [1.165, 1.54) is 4.90 Å². The lowest BCUT2D eigenvalue weighted by molar-refractivity contribution is -0.158.